The Morgan fingerprint density at radius 2 is 1.60 bits per heavy atom. The first-order valence-electron chi connectivity index (χ1n) is 18.9. The van der Waals surface area contributed by atoms with Gasteiger partial charge in [0.1, 0.15) is 18.2 Å². The quantitative estimate of drug-likeness (QED) is 0.0817. The van der Waals surface area contributed by atoms with Crippen LogP contribution in [0.25, 0.3) is 10.9 Å². The fraction of sp³-hybridized carbons (Fsp3) is 0.372. The summed E-state index contributed by atoms with van der Waals surface area (Å²) in [5, 5.41) is 11.0. The number of nitrogens with zero attached hydrogens (tertiary/aromatic N) is 2. The Morgan fingerprint density at radius 1 is 0.947 bits per heavy atom. The first kappa shape index (κ1) is 41.8. The summed E-state index contributed by atoms with van der Waals surface area (Å²) in [6, 6.07) is 22.6. The molecule has 14 heteroatoms. The number of alkyl halides is 3. The van der Waals surface area contributed by atoms with E-state index in [0.29, 0.717) is 16.5 Å². The zero-order valence-electron chi connectivity index (χ0n) is 32.3. The lowest BCUT2D eigenvalue weighted by atomic mass is 9.87. The molecule has 4 aromatic carbocycles. The van der Waals surface area contributed by atoms with E-state index in [2.05, 4.69) is 4.98 Å². The maximum Gasteiger partial charge on any atom is 0.407 e. The lowest BCUT2D eigenvalue weighted by molar-refractivity contribution is -0.0825. The average Bonchev–Trinajstić information content (AvgIpc) is 3.52. The number of benzene rings is 4. The van der Waals surface area contributed by atoms with Crippen molar-refractivity contribution in [3.63, 3.8) is 0 Å². The molecule has 1 amide bonds. The predicted octanol–water partition coefficient (Wildman–Crippen LogP) is 8.85. The number of rotatable bonds is 15. The molecule has 0 spiro atoms. The van der Waals surface area contributed by atoms with E-state index in [1.807, 2.05) is 81.4 Å². The minimum atomic E-state index is -3.55. The van der Waals surface area contributed by atoms with E-state index in [-0.39, 0.29) is 38.2 Å². The van der Waals surface area contributed by atoms with E-state index in [1.54, 1.807) is 6.92 Å². The summed E-state index contributed by atoms with van der Waals surface area (Å²) in [6.07, 6.45) is -1.19. The van der Waals surface area contributed by atoms with Gasteiger partial charge in [-0.2, -0.15) is 0 Å². The van der Waals surface area contributed by atoms with Crippen LogP contribution in [0.2, 0.25) is 5.04 Å². The Balaban J connectivity index is 1.39. The molecular formula is C43H47F6N3O4Si. The largest absolute Gasteiger partial charge is 0.489 e. The minimum Gasteiger partial charge on any atom is -0.489 e. The lowest BCUT2D eigenvalue weighted by Crippen LogP contribution is -2.67. The first-order valence-corrected chi connectivity index (χ1v) is 20.8. The Morgan fingerprint density at radius 3 is 2.19 bits per heavy atom. The third-order valence-corrected chi connectivity index (χ3v) is 15.7. The Kier molecular flexibility index (Phi) is 12.5. The smallest absolute Gasteiger partial charge is 0.407 e. The Bertz CT molecular complexity index is 2130. The molecule has 2 atom stereocenters. The lowest BCUT2D eigenvalue weighted by Gasteiger charge is -2.45. The van der Waals surface area contributed by atoms with Crippen LogP contribution in [0, 0.1) is 17.5 Å². The second kappa shape index (κ2) is 17.0. The van der Waals surface area contributed by atoms with Crippen LogP contribution in [-0.2, 0) is 10.8 Å². The number of carbonyl (C=O) groups is 1. The molecule has 1 aromatic heterocycles. The number of ether oxygens (including phenoxy) is 1. The molecule has 2 heterocycles. The highest BCUT2D eigenvalue weighted by molar-refractivity contribution is 6.99. The topological polar surface area (TPSA) is 78.0 Å². The summed E-state index contributed by atoms with van der Waals surface area (Å²) in [7, 11) is -3.40. The number of carboxylic acid groups (broad SMARTS) is 1. The molecule has 304 valence electrons. The summed E-state index contributed by atoms with van der Waals surface area (Å²) in [4.78, 5) is 17.0. The monoisotopic (exact) mass is 811 g/mol. The van der Waals surface area contributed by atoms with E-state index in [0.717, 1.165) is 27.4 Å². The van der Waals surface area contributed by atoms with Gasteiger partial charge in [-0.25, -0.2) is 26.7 Å². The van der Waals surface area contributed by atoms with Gasteiger partial charge in [0.15, 0.2) is 11.6 Å². The molecule has 0 unspecified atom stereocenters. The fourth-order valence-corrected chi connectivity index (χ4v) is 12.7. The first-order chi connectivity index (χ1) is 27.1. The van der Waals surface area contributed by atoms with Gasteiger partial charge in [-0.15, -0.1) is 0 Å². The predicted molar refractivity (Wildman–Crippen MR) is 211 cm³/mol. The maximum atomic E-state index is 16.8. The number of hydrogen-bond donors (Lipinski definition) is 2. The number of H-pyrrole nitrogens is 1. The second-order valence-electron chi connectivity index (χ2n) is 15.6. The van der Waals surface area contributed by atoms with Crippen LogP contribution in [0.15, 0.2) is 91.0 Å². The molecule has 0 radical (unpaired) electrons. The van der Waals surface area contributed by atoms with Crippen molar-refractivity contribution in [1.82, 2.24) is 14.8 Å². The van der Waals surface area contributed by atoms with Crippen LogP contribution in [0.1, 0.15) is 57.0 Å². The standard InChI is InChI=1S/C43H47F6N3O4Si/c1-28-24-33-32-25-29(45)16-18-35(32)50-39(33)40(37-34(46)17-19-36(38(37)47)55-23-22-51(41(53)54)21-11-20-44)52(28)26-43(48,49)27-56-57(42(2,3)4,30-12-7-5-8-13-30)31-14-9-6-10-15-31/h5-10,12-19,25,28,40,50H,11,20-24,26-27H2,1-4H3,(H,53,54)/t28-,40-/m1/s1. The van der Waals surface area contributed by atoms with Crippen LogP contribution < -0.4 is 15.1 Å². The molecule has 0 bridgehead atoms. The molecule has 1 aliphatic heterocycles. The molecule has 0 saturated carbocycles. The summed E-state index contributed by atoms with van der Waals surface area (Å²) >= 11 is 0. The van der Waals surface area contributed by atoms with Crippen molar-refractivity contribution in [3.05, 3.63) is 125 Å². The van der Waals surface area contributed by atoms with Crippen LogP contribution in [0.5, 0.6) is 5.75 Å². The summed E-state index contributed by atoms with van der Waals surface area (Å²) in [6.45, 7) is 4.25. The molecule has 7 nitrogen and oxygen atoms in total. The molecule has 0 aliphatic carbocycles. The highest BCUT2D eigenvalue weighted by Crippen LogP contribution is 2.45. The van der Waals surface area contributed by atoms with E-state index >= 15 is 17.6 Å². The van der Waals surface area contributed by atoms with Crippen LogP contribution >= 0.6 is 0 Å². The van der Waals surface area contributed by atoms with E-state index < -0.39 is 86.0 Å². The van der Waals surface area contributed by atoms with E-state index in [4.69, 9.17) is 9.16 Å². The van der Waals surface area contributed by atoms with Crippen molar-refractivity contribution in [3.8, 4) is 5.75 Å². The highest BCUT2D eigenvalue weighted by Gasteiger charge is 2.53. The van der Waals surface area contributed by atoms with Gasteiger partial charge in [0.05, 0.1) is 38.0 Å². The van der Waals surface area contributed by atoms with Crippen LogP contribution in [-0.4, -0.2) is 85.8 Å². The van der Waals surface area contributed by atoms with Crippen LogP contribution in [0.3, 0.4) is 0 Å². The van der Waals surface area contributed by atoms with Gasteiger partial charge in [0.25, 0.3) is 14.2 Å². The number of amides is 1. The minimum absolute atomic E-state index is 0.0403. The molecule has 5 aromatic rings. The van der Waals surface area contributed by atoms with Gasteiger partial charge >= 0.3 is 6.09 Å². The highest BCUT2D eigenvalue weighted by atomic mass is 28.4. The van der Waals surface area contributed by atoms with Gasteiger partial charge in [-0.3, -0.25) is 9.29 Å². The van der Waals surface area contributed by atoms with Gasteiger partial charge in [-0.05, 0) is 71.1 Å². The number of nitrogens with one attached hydrogen (secondary N) is 1. The molecular weight excluding hydrogens is 765 g/mol. The summed E-state index contributed by atoms with van der Waals surface area (Å²) in [5.41, 5.74) is 0.678. The zero-order valence-corrected chi connectivity index (χ0v) is 33.3. The second-order valence-corrected chi connectivity index (χ2v) is 19.9. The van der Waals surface area contributed by atoms with Crippen molar-refractivity contribution in [2.75, 3.05) is 39.5 Å². The molecule has 1 aliphatic rings. The molecule has 2 N–H and O–H groups in total. The fourth-order valence-electron chi connectivity index (χ4n) is 8.10. The van der Waals surface area contributed by atoms with Crippen molar-refractivity contribution >= 4 is 35.7 Å². The van der Waals surface area contributed by atoms with Crippen molar-refractivity contribution in [2.24, 2.45) is 0 Å². The summed E-state index contributed by atoms with van der Waals surface area (Å²) in [5.74, 6) is -6.69. The van der Waals surface area contributed by atoms with E-state index in [9.17, 15) is 18.7 Å². The number of halogens is 6. The molecule has 57 heavy (non-hydrogen) atoms. The van der Waals surface area contributed by atoms with Crippen molar-refractivity contribution < 1.29 is 45.4 Å². The number of aromatic nitrogens is 1. The van der Waals surface area contributed by atoms with Gasteiger partial charge in [0, 0.05) is 29.2 Å². The van der Waals surface area contributed by atoms with Crippen LogP contribution in [0.4, 0.5) is 31.1 Å². The third-order valence-electron chi connectivity index (χ3n) is 10.7. The van der Waals surface area contributed by atoms with Gasteiger partial charge < -0.3 is 24.2 Å². The average molecular weight is 812 g/mol. The van der Waals surface area contributed by atoms with Gasteiger partial charge in [-0.1, -0.05) is 81.4 Å². The van der Waals surface area contributed by atoms with Crippen molar-refractivity contribution in [1.29, 1.82) is 0 Å². The molecule has 0 saturated heterocycles. The third kappa shape index (κ3) is 8.58. The zero-order chi connectivity index (χ0) is 41.1. The normalized spacial score (nSPS) is 16.5. The SMILES string of the molecule is C[C@@H]1Cc2c([nH]c3ccc(F)cc23)[C@@H](c2c(F)ccc(OCCN(CCCF)C(=O)O)c2F)N1CC(F)(F)CO[Si](c1ccccc1)(c1ccccc1)C(C)(C)C. The number of aromatic amines is 1. The summed E-state index contributed by atoms with van der Waals surface area (Å²) < 4.78 is 106. The number of fused-ring (bicyclic) bond motifs is 3. The molecule has 6 rings (SSSR count). The van der Waals surface area contributed by atoms with Gasteiger partial charge in [0.2, 0.25) is 0 Å². The van der Waals surface area contributed by atoms with E-state index in [1.165, 1.54) is 23.1 Å². The Labute approximate surface area is 329 Å². The molecule has 0 fully saturated rings. The number of hydrogen-bond acceptors (Lipinski definition) is 4. The maximum absolute atomic E-state index is 16.8. The Hall–Kier alpha value is -4.79. The van der Waals surface area contributed by atoms with Crippen molar-refractivity contribution in [2.45, 2.75) is 63.6 Å².